The van der Waals surface area contributed by atoms with E-state index in [4.69, 9.17) is 4.52 Å². The number of nitrogens with zero attached hydrogens (tertiary/aromatic N) is 3. The Labute approximate surface area is 148 Å². The summed E-state index contributed by atoms with van der Waals surface area (Å²) >= 11 is 0. The van der Waals surface area contributed by atoms with Gasteiger partial charge in [0.15, 0.2) is 0 Å². The largest absolute Gasteiger partial charge is 0.361 e. The fourth-order valence-corrected chi connectivity index (χ4v) is 3.24. The van der Waals surface area contributed by atoms with Crippen molar-refractivity contribution in [3.8, 4) is 0 Å². The van der Waals surface area contributed by atoms with Crippen molar-refractivity contribution in [1.82, 2.24) is 20.3 Å². The highest BCUT2D eigenvalue weighted by atomic mass is 16.5. The summed E-state index contributed by atoms with van der Waals surface area (Å²) in [5.74, 6) is 0.475. The van der Waals surface area contributed by atoms with Crippen LogP contribution in [-0.2, 0) is 6.54 Å². The van der Waals surface area contributed by atoms with Gasteiger partial charge in [0, 0.05) is 45.8 Å². The van der Waals surface area contributed by atoms with Crippen LogP contribution in [0.2, 0.25) is 0 Å². The minimum Gasteiger partial charge on any atom is -0.361 e. The molecule has 0 atom stereocenters. The van der Waals surface area contributed by atoms with Crippen molar-refractivity contribution in [2.75, 3.05) is 39.3 Å². The number of amides is 1. The van der Waals surface area contributed by atoms with Crippen LogP contribution in [0.3, 0.4) is 0 Å². The van der Waals surface area contributed by atoms with Crippen LogP contribution >= 0.6 is 0 Å². The number of aryl methyl sites for hydroxylation is 2. The molecule has 0 aliphatic carbocycles. The topological polar surface area (TPSA) is 61.6 Å². The Bertz CT molecular complexity index is 671. The molecule has 1 aromatic heterocycles. The number of aromatic nitrogens is 1. The van der Waals surface area contributed by atoms with Gasteiger partial charge in [0.2, 0.25) is 0 Å². The number of piperazine rings is 1. The molecular formula is C19H26N4O2. The lowest BCUT2D eigenvalue weighted by Crippen LogP contribution is -2.48. The van der Waals surface area contributed by atoms with Crippen LogP contribution in [0.1, 0.15) is 27.4 Å². The van der Waals surface area contributed by atoms with Crippen molar-refractivity contribution in [3.05, 3.63) is 52.9 Å². The molecule has 6 heteroatoms. The number of carbonyl (C=O) groups excluding carboxylic acids is 1. The van der Waals surface area contributed by atoms with Gasteiger partial charge in [0.25, 0.3) is 5.91 Å². The third-order valence-corrected chi connectivity index (χ3v) is 4.69. The average Bonchev–Trinajstić information content (AvgIpc) is 2.96. The summed E-state index contributed by atoms with van der Waals surface area (Å²) in [6, 6.07) is 10.6. The van der Waals surface area contributed by atoms with Crippen molar-refractivity contribution < 1.29 is 9.32 Å². The molecule has 6 nitrogen and oxygen atoms in total. The minimum absolute atomic E-state index is 0.0982. The predicted molar refractivity (Wildman–Crippen MR) is 96.5 cm³/mol. The van der Waals surface area contributed by atoms with Gasteiger partial charge in [0.05, 0.1) is 5.69 Å². The molecule has 3 rings (SSSR count). The molecule has 0 spiro atoms. The van der Waals surface area contributed by atoms with E-state index in [-0.39, 0.29) is 5.91 Å². The van der Waals surface area contributed by atoms with Crippen LogP contribution in [0.25, 0.3) is 0 Å². The van der Waals surface area contributed by atoms with Gasteiger partial charge in [-0.15, -0.1) is 0 Å². The maximum atomic E-state index is 12.2. The number of hydrogen-bond donors (Lipinski definition) is 1. The Morgan fingerprint density at radius 3 is 2.44 bits per heavy atom. The standard InChI is InChI=1S/C19H26N4O2/c1-15-18(16(2)25-21-15)19(24)20-8-9-22-10-12-23(13-11-22)14-17-6-4-3-5-7-17/h3-7H,8-14H2,1-2H3,(H,20,24). The first-order valence-electron chi connectivity index (χ1n) is 8.83. The van der Waals surface area contributed by atoms with Crippen LogP contribution in [0, 0.1) is 13.8 Å². The van der Waals surface area contributed by atoms with Crippen molar-refractivity contribution in [2.45, 2.75) is 20.4 Å². The summed E-state index contributed by atoms with van der Waals surface area (Å²) in [6.07, 6.45) is 0. The number of hydrogen-bond acceptors (Lipinski definition) is 5. The quantitative estimate of drug-likeness (QED) is 0.868. The summed E-state index contributed by atoms with van der Waals surface area (Å²) in [4.78, 5) is 17.1. The molecule has 1 amide bonds. The van der Waals surface area contributed by atoms with E-state index in [9.17, 15) is 4.79 Å². The van der Waals surface area contributed by atoms with Crippen LogP contribution in [0.5, 0.6) is 0 Å². The van der Waals surface area contributed by atoms with Gasteiger partial charge in [-0.2, -0.15) is 0 Å². The Morgan fingerprint density at radius 2 is 1.80 bits per heavy atom. The van der Waals surface area contributed by atoms with E-state index in [0.29, 0.717) is 23.6 Å². The van der Waals surface area contributed by atoms with Crippen LogP contribution < -0.4 is 5.32 Å². The van der Waals surface area contributed by atoms with Crippen molar-refractivity contribution in [1.29, 1.82) is 0 Å². The van der Waals surface area contributed by atoms with E-state index in [2.05, 4.69) is 50.6 Å². The molecule has 1 aliphatic rings. The molecule has 2 heterocycles. The van der Waals surface area contributed by atoms with Gasteiger partial charge in [0.1, 0.15) is 11.3 Å². The normalized spacial score (nSPS) is 16.1. The number of carbonyl (C=O) groups is 1. The van der Waals surface area contributed by atoms with Crippen molar-refractivity contribution in [2.24, 2.45) is 0 Å². The van der Waals surface area contributed by atoms with E-state index in [1.165, 1.54) is 5.56 Å². The maximum absolute atomic E-state index is 12.2. The van der Waals surface area contributed by atoms with Gasteiger partial charge in [-0.1, -0.05) is 35.5 Å². The lowest BCUT2D eigenvalue weighted by Gasteiger charge is -2.34. The Kier molecular flexibility index (Phi) is 5.83. The first kappa shape index (κ1) is 17.6. The summed E-state index contributed by atoms with van der Waals surface area (Å²) < 4.78 is 5.05. The second-order valence-electron chi connectivity index (χ2n) is 6.56. The fraction of sp³-hybridized carbons (Fsp3) is 0.474. The summed E-state index contributed by atoms with van der Waals surface area (Å²) in [6.45, 7) is 10.3. The van der Waals surface area contributed by atoms with Gasteiger partial charge >= 0.3 is 0 Å². The summed E-state index contributed by atoms with van der Waals surface area (Å²) in [5, 5.41) is 6.80. The maximum Gasteiger partial charge on any atom is 0.256 e. The van der Waals surface area contributed by atoms with Crippen LogP contribution in [0.15, 0.2) is 34.9 Å². The van der Waals surface area contributed by atoms with Crippen molar-refractivity contribution in [3.63, 3.8) is 0 Å². The smallest absolute Gasteiger partial charge is 0.256 e. The molecule has 0 saturated carbocycles. The molecule has 1 aromatic carbocycles. The molecule has 1 N–H and O–H groups in total. The van der Waals surface area contributed by atoms with E-state index >= 15 is 0 Å². The Balaban J connectivity index is 1.37. The average molecular weight is 342 g/mol. The Hall–Kier alpha value is -2.18. The molecule has 0 unspecified atom stereocenters. The summed E-state index contributed by atoms with van der Waals surface area (Å²) in [5.41, 5.74) is 2.57. The number of benzene rings is 1. The van der Waals surface area contributed by atoms with E-state index in [1.807, 2.05) is 0 Å². The van der Waals surface area contributed by atoms with Gasteiger partial charge in [-0.25, -0.2) is 0 Å². The third-order valence-electron chi connectivity index (χ3n) is 4.69. The van der Waals surface area contributed by atoms with E-state index in [1.54, 1.807) is 13.8 Å². The first-order valence-corrected chi connectivity index (χ1v) is 8.83. The third kappa shape index (κ3) is 4.67. The number of rotatable bonds is 6. The summed E-state index contributed by atoms with van der Waals surface area (Å²) in [7, 11) is 0. The van der Waals surface area contributed by atoms with Gasteiger partial charge in [-0.3, -0.25) is 14.6 Å². The highest BCUT2D eigenvalue weighted by molar-refractivity contribution is 5.96. The van der Waals surface area contributed by atoms with Gasteiger partial charge in [-0.05, 0) is 19.4 Å². The second-order valence-corrected chi connectivity index (χ2v) is 6.56. The second kappa shape index (κ2) is 8.27. The number of nitrogens with one attached hydrogen (secondary N) is 1. The van der Waals surface area contributed by atoms with Crippen LogP contribution in [-0.4, -0.2) is 60.1 Å². The molecule has 0 radical (unpaired) electrons. The zero-order valence-corrected chi connectivity index (χ0v) is 15.0. The van der Waals surface area contributed by atoms with Gasteiger partial charge < -0.3 is 9.84 Å². The highest BCUT2D eigenvalue weighted by Crippen LogP contribution is 2.12. The molecule has 25 heavy (non-hydrogen) atoms. The molecule has 1 aliphatic heterocycles. The molecule has 2 aromatic rings. The minimum atomic E-state index is -0.0982. The SMILES string of the molecule is Cc1noc(C)c1C(=O)NCCN1CCN(Cc2ccccc2)CC1. The Morgan fingerprint density at radius 1 is 1.12 bits per heavy atom. The molecule has 0 bridgehead atoms. The lowest BCUT2D eigenvalue weighted by molar-refractivity contribution is 0.0932. The predicted octanol–water partition coefficient (Wildman–Crippen LogP) is 1.84. The highest BCUT2D eigenvalue weighted by Gasteiger charge is 2.19. The van der Waals surface area contributed by atoms with Crippen molar-refractivity contribution >= 4 is 5.91 Å². The van der Waals surface area contributed by atoms with E-state index in [0.717, 1.165) is 39.3 Å². The monoisotopic (exact) mass is 342 g/mol. The van der Waals surface area contributed by atoms with E-state index < -0.39 is 0 Å². The lowest BCUT2D eigenvalue weighted by atomic mass is 10.2. The molecular weight excluding hydrogens is 316 g/mol. The zero-order chi connectivity index (χ0) is 17.6. The first-order chi connectivity index (χ1) is 12.1. The van der Waals surface area contributed by atoms with Crippen LogP contribution in [0.4, 0.5) is 0 Å². The molecule has 1 fully saturated rings. The molecule has 1 saturated heterocycles. The molecule has 134 valence electrons. The fourth-order valence-electron chi connectivity index (χ4n) is 3.24. The zero-order valence-electron chi connectivity index (χ0n) is 15.0.